The lowest BCUT2D eigenvalue weighted by Gasteiger charge is -2.17. The van der Waals surface area contributed by atoms with E-state index in [0.29, 0.717) is 22.5 Å². The molecule has 6 aromatic carbocycles. The van der Waals surface area contributed by atoms with E-state index in [-0.39, 0.29) is 11.1 Å². The predicted octanol–water partition coefficient (Wildman–Crippen LogP) is 5.21. The summed E-state index contributed by atoms with van der Waals surface area (Å²) in [4.78, 5) is 79.4. The molecule has 0 fully saturated rings. The number of rotatable bonds is 2. The smallest absolute Gasteiger partial charge is 0.306 e. The van der Waals surface area contributed by atoms with E-state index >= 15 is 0 Å². The summed E-state index contributed by atoms with van der Waals surface area (Å²) in [6.45, 7) is 0. The van der Waals surface area contributed by atoms with Crippen LogP contribution in [0.2, 0.25) is 0 Å². The van der Waals surface area contributed by atoms with Crippen LogP contribution in [0.5, 0.6) is 0 Å². The molecule has 66 heavy (non-hydrogen) atoms. The number of fused-ring (bicyclic) bond motifs is 6. The molecule has 4 heterocycles. The number of anilines is 2. The van der Waals surface area contributed by atoms with Gasteiger partial charge in [-0.3, -0.25) is 28.8 Å². The van der Waals surface area contributed by atoms with Crippen LogP contribution in [0.1, 0.15) is 41.4 Å². The Labute approximate surface area is 373 Å². The fourth-order valence-corrected chi connectivity index (χ4v) is 7.92. The van der Waals surface area contributed by atoms with E-state index in [1.54, 1.807) is 48.5 Å². The van der Waals surface area contributed by atoms with Crippen LogP contribution in [0, 0.1) is 0 Å². The number of carbonyl (C=O) groups excluding carboxylic acids is 6. The van der Waals surface area contributed by atoms with Crippen molar-refractivity contribution in [2.24, 2.45) is 14.1 Å². The molecule has 332 valence electrons. The Morgan fingerprint density at radius 2 is 0.667 bits per heavy atom. The van der Waals surface area contributed by atoms with Crippen molar-refractivity contribution in [1.82, 2.24) is 0 Å². The monoisotopic (exact) mass is 932 g/mol. The number of nitrogens with zero attached hydrogens (tertiary/aromatic N) is 4. The summed E-state index contributed by atoms with van der Waals surface area (Å²) in [7, 11) is -6.95. The first kappa shape index (κ1) is 46.0. The van der Waals surface area contributed by atoms with E-state index in [1.807, 2.05) is 120 Å². The second kappa shape index (κ2) is 17.9. The number of aryl methyl sites for hydroxylation is 2. The Bertz CT molecular complexity index is 3270. The van der Waals surface area contributed by atoms with Gasteiger partial charge in [0.15, 0.2) is 0 Å². The van der Waals surface area contributed by atoms with Crippen molar-refractivity contribution in [2.45, 2.75) is 0 Å². The third-order valence-electron chi connectivity index (χ3n) is 10.5. The van der Waals surface area contributed by atoms with Crippen LogP contribution < -0.4 is 18.9 Å². The quantitative estimate of drug-likeness (QED) is 0.0544. The molecule has 2 aromatic heterocycles. The summed E-state index contributed by atoms with van der Waals surface area (Å²) in [6.07, 6.45) is 0. The molecular formula is C46H30F2N4O12S2. The molecule has 20 heteroatoms. The van der Waals surface area contributed by atoms with Crippen molar-refractivity contribution in [3.05, 3.63) is 168 Å². The average molecular weight is 933 g/mol. The highest BCUT2D eigenvalue weighted by Crippen LogP contribution is 2.35. The maximum absolute atomic E-state index is 13.6. The number of hydrogen-bond acceptors (Lipinski definition) is 12. The second-order valence-electron chi connectivity index (χ2n) is 14.3. The summed E-state index contributed by atoms with van der Waals surface area (Å²) in [6, 6.07) is 43.5. The molecule has 8 aromatic rings. The molecule has 0 aliphatic carbocycles. The van der Waals surface area contributed by atoms with E-state index in [0.717, 1.165) is 53.4 Å². The Morgan fingerprint density at radius 3 is 0.939 bits per heavy atom. The third kappa shape index (κ3) is 8.88. The Hall–Kier alpha value is -8.04. The summed E-state index contributed by atoms with van der Waals surface area (Å²) in [5.41, 5.74) is 5.52. The number of hydrogen-bond donors (Lipinski definition) is 0. The minimum Gasteiger partial charge on any atom is -0.722 e. The van der Waals surface area contributed by atoms with E-state index in [1.165, 1.54) is 0 Å². The maximum atomic E-state index is 13.6. The lowest BCUT2D eigenvalue weighted by molar-refractivity contribution is -0.617. The van der Waals surface area contributed by atoms with Crippen molar-refractivity contribution in [1.29, 1.82) is 0 Å². The Kier molecular flexibility index (Phi) is 12.4. The molecule has 2 aliphatic rings. The first-order valence-electron chi connectivity index (χ1n) is 19.1. The third-order valence-corrected chi connectivity index (χ3v) is 10.5. The summed E-state index contributed by atoms with van der Waals surface area (Å²) in [5.74, 6) is -3.91. The zero-order valence-corrected chi connectivity index (χ0v) is 35.7. The molecule has 4 amide bonds. The normalized spacial score (nSPS) is 13.1. The highest BCUT2D eigenvalue weighted by molar-refractivity contribution is 7.80. The second-order valence-corrected chi connectivity index (χ2v) is 15.9. The maximum Gasteiger partial charge on any atom is 0.306 e. The topological polar surface area (TPSA) is 231 Å². The van der Waals surface area contributed by atoms with Crippen LogP contribution in [-0.2, 0) is 44.7 Å². The molecule has 0 radical (unpaired) electrons. The highest BCUT2D eigenvalue weighted by Gasteiger charge is 2.43. The molecule has 2 aliphatic heterocycles. The molecule has 0 N–H and O–H groups in total. The van der Waals surface area contributed by atoms with Gasteiger partial charge in [-0.2, -0.15) is 9.13 Å². The van der Waals surface area contributed by atoms with Crippen LogP contribution in [0.15, 0.2) is 146 Å². The first-order chi connectivity index (χ1) is 31.2. The number of para-hydroxylation sites is 6. The number of Topliss-reactive ketones (excluding diaryl/α,β-unsaturated/α-hetero) is 2. The van der Waals surface area contributed by atoms with Gasteiger partial charge in [-0.15, -0.1) is 7.77 Å². The highest BCUT2D eigenvalue weighted by atomic mass is 32.3. The van der Waals surface area contributed by atoms with Crippen molar-refractivity contribution >= 4 is 111 Å². The minimum absolute atomic E-state index is 0.260. The van der Waals surface area contributed by atoms with E-state index in [9.17, 15) is 36.5 Å². The fourth-order valence-electron chi connectivity index (χ4n) is 7.92. The van der Waals surface area contributed by atoms with Crippen molar-refractivity contribution in [3.8, 4) is 0 Å². The predicted molar refractivity (Wildman–Crippen MR) is 232 cm³/mol. The van der Waals surface area contributed by atoms with Crippen LogP contribution in [0.25, 0.3) is 43.6 Å². The van der Waals surface area contributed by atoms with E-state index in [2.05, 4.69) is 0 Å². The largest absolute Gasteiger partial charge is 0.722 e. The lowest BCUT2D eigenvalue weighted by Crippen LogP contribution is -2.38. The number of benzene rings is 6. The number of halogens is 2. The minimum atomic E-state index is -5.42. The zero-order valence-electron chi connectivity index (χ0n) is 34.1. The van der Waals surface area contributed by atoms with Gasteiger partial charge in [-0.05, 0) is 48.5 Å². The van der Waals surface area contributed by atoms with Gasteiger partial charge >= 0.3 is 11.8 Å². The van der Waals surface area contributed by atoms with Crippen LogP contribution in [-0.4, -0.2) is 61.1 Å². The van der Waals surface area contributed by atoms with Crippen molar-refractivity contribution < 1.29 is 71.6 Å². The summed E-state index contributed by atoms with van der Waals surface area (Å²) >= 11 is 0. The van der Waals surface area contributed by atoms with Crippen molar-refractivity contribution in [3.63, 3.8) is 0 Å². The lowest BCUT2D eigenvalue weighted by atomic mass is 10.0. The number of carbonyl (C=O) groups is 6. The number of imide groups is 2. The van der Waals surface area contributed by atoms with E-state index < -0.39 is 56.2 Å². The molecule has 16 nitrogen and oxygen atoms in total. The number of pyridine rings is 2. The summed E-state index contributed by atoms with van der Waals surface area (Å²) < 4.78 is 74.7. The number of ketones is 2. The van der Waals surface area contributed by atoms with Gasteiger partial charge < -0.3 is 9.11 Å². The van der Waals surface area contributed by atoms with Gasteiger partial charge in [0.2, 0.25) is 22.1 Å². The van der Waals surface area contributed by atoms with Gasteiger partial charge in [0.25, 0.3) is 44.4 Å². The Morgan fingerprint density at radius 1 is 0.439 bits per heavy atom. The zero-order chi connectivity index (χ0) is 47.8. The van der Waals surface area contributed by atoms with Gasteiger partial charge in [-0.1, -0.05) is 72.8 Å². The SMILES string of the molecule is C[n+]1c2ccccc2c(C(=O)N2C(=O)C(=O)c3ccccc32)c2ccccc21.C[n+]1c2ccccc2c(C(=O)N2C(=O)C(=O)c3ccccc32)c2ccccc21.O=S(=O)([O-])F.O=S(=O)([O-])F. The molecule has 0 spiro atoms. The van der Waals surface area contributed by atoms with Crippen LogP contribution >= 0.6 is 0 Å². The first-order valence-corrected chi connectivity index (χ1v) is 21.7. The molecule has 0 atom stereocenters. The van der Waals surface area contributed by atoms with Gasteiger partial charge in [-0.25, -0.2) is 26.6 Å². The molecule has 0 unspecified atom stereocenters. The van der Waals surface area contributed by atoms with Gasteiger partial charge in [0, 0.05) is 24.3 Å². The standard InChI is InChI=1S/2C23H15N2O3.2FHO3S/c2*1-24-17-11-5-2-8-14(17)20(15-9-3-6-12-18(15)24)22(27)25-19-13-7-4-10-16(19)21(26)23(25)28;2*1-5(2,3)4/h2*2-13H,1H3;2*(H,2,3,4)/q2*+1;;/p-2. The van der Waals surface area contributed by atoms with Crippen LogP contribution in [0.4, 0.5) is 19.1 Å². The van der Waals surface area contributed by atoms with Crippen molar-refractivity contribution in [2.75, 3.05) is 9.80 Å². The molecule has 10 rings (SSSR count). The molecule has 0 saturated carbocycles. The van der Waals surface area contributed by atoms with Gasteiger partial charge in [0.1, 0.15) is 14.1 Å². The molecule has 0 saturated heterocycles. The summed E-state index contributed by atoms with van der Waals surface area (Å²) in [5, 5.41) is 2.94. The van der Waals surface area contributed by atoms with E-state index in [4.69, 9.17) is 25.9 Å². The molecule has 0 bridgehead atoms. The Balaban J connectivity index is 0.000000163. The van der Waals surface area contributed by atoms with Crippen LogP contribution in [0.3, 0.4) is 0 Å². The molecular weight excluding hydrogens is 903 g/mol. The van der Waals surface area contributed by atoms with Gasteiger partial charge in [0.05, 0.1) is 55.2 Å². The fraction of sp³-hybridized carbons (Fsp3) is 0.0435. The number of aromatic nitrogens is 2. The average Bonchev–Trinajstić information content (AvgIpc) is 3.69. The number of amides is 4.